The molecule has 2 nitrogen and oxygen atoms in total. The molecule has 0 spiro atoms. The summed E-state index contributed by atoms with van der Waals surface area (Å²) in [6.07, 6.45) is 6.22. The lowest BCUT2D eigenvalue weighted by Gasteiger charge is -2.04. The van der Waals surface area contributed by atoms with Crippen molar-refractivity contribution < 1.29 is 4.74 Å². The minimum Gasteiger partial charge on any atom is -0.483 e. The largest absolute Gasteiger partial charge is 0.483 e. The van der Waals surface area contributed by atoms with Crippen molar-refractivity contribution in [1.82, 2.24) is 0 Å². The zero-order valence-electron chi connectivity index (χ0n) is 7.57. The molecule has 0 aromatic rings. The average Bonchev–Trinajstić information content (AvgIpc) is 2.41. The smallest absolute Gasteiger partial charge is 0.134 e. The van der Waals surface area contributed by atoms with Gasteiger partial charge in [0, 0.05) is 11.8 Å². The van der Waals surface area contributed by atoms with Gasteiger partial charge in [0.05, 0.1) is 6.07 Å². The first kappa shape index (κ1) is 11.7. The predicted molar refractivity (Wildman–Crippen MR) is 68.0 cm³/mol. The minimum absolute atomic E-state index is 0.695. The van der Waals surface area contributed by atoms with Gasteiger partial charge in [0.15, 0.2) is 0 Å². The fourth-order valence-electron chi connectivity index (χ4n) is 1.08. The van der Waals surface area contributed by atoms with Crippen molar-refractivity contribution in [1.29, 1.82) is 5.26 Å². The fraction of sp³-hybridized carbons (Fsp3) is 0.300. The van der Waals surface area contributed by atoms with Crippen molar-refractivity contribution in [2.75, 3.05) is 11.7 Å². The second-order valence-corrected chi connectivity index (χ2v) is 4.34. The molecule has 0 fully saturated rings. The van der Waals surface area contributed by atoms with Gasteiger partial charge in [-0.1, -0.05) is 22.6 Å². The number of hydrogen-bond donors (Lipinski definition) is 0. The second-order valence-electron chi connectivity index (χ2n) is 2.57. The molecule has 0 aromatic heterocycles. The SMILES string of the molecule is N#C/C=C/C1=C(/C=C\I)OCSCC1. The van der Waals surface area contributed by atoms with E-state index in [0.717, 1.165) is 23.5 Å². The molecule has 0 atom stereocenters. The Labute approximate surface area is 102 Å². The Bertz CT molecular complexity index is 315. The highest BCUT2D eigenvalue weighted by molar-refractivity contribution is 14.1. The van der Waals surface area contributed by atoms with E-state index >= 15 is 0 Å². The number of nitriles is 1. The van der Waals surface area contributed by atoms with Crippen LogP contribution in [0.4, 0.5) is 0 Å². The molecule has 0 amide bonds. The van der Waals surface area contributed by atoms with Crippen LogP contribution < -0.4 is 0 Å². The van der Waals surface area contributed by atoms with E-state index in [-0.39, 0.29) is 0 Å². The number of rotatable bonds is 2. The minimum atomic E-state index is 0.695. The molecule has 0 aliphatic carbocycles. The Hall–Kier alpha value is -0.410. The van der Waals surface area contributed by atoms with E-state index in [2.05, 4.69) is 22.6 Å². The van der Waals surface area contributed by atoms with Crippen LogP contribution in [-0.4, -0.2) is 11.7 Å². The summed E-state index contributed by atoms with van der Waals surface area (Å²) < 4.78 is 7.46. The van der Waals surface area contributed by atoms with Gasteiger partial charge in [-0.3, -0.25) is 0 Å². The molecule has 0 aromatic carbocycles. The molecule has 0 bridgehead atoms. The standard InChI is InChI=1S/C10H10INOS/c11-5-3-10-9(2-1-6-12)4-7-14-8-13-10/h1-3,5H,4,7-8H2/b2-1+,5-3-. The molecule has 1 rings (SSSR count). The van der Waals surface area contributed by atoms with Gasteiger partial charge in [-0.2, -0.15) is 5.26 Å². The van der Waals surface area contributed by atoms with Crippen molar-refractivity contribution in [2.24, 2.45) is 0 Å². The maximum absolute atomic E-state index is 8.46. The van der Waals surface area contributed by atoms with E-state index < -0.39 is 0 Å². The zero-order valence-corrected chi connectivity index (χ0v) is 10.5. The van der Waals surface area contributed by atoms with Gasteiger partial charge in [0.2, 0.25) is 0 Å². The number of nitrogens with zero attached hydrogens (tertiary/aromatic N) is 1. The third-order valence-corrected chi connectivity index (χ3v) is 2.84. The Balaban J connectivity index is 2.87. The molecule has 1 heterocycles. The molecular formula is C10H10INOS. The van der Waals surface area contributed by atoms with E-state index in [1.807, 2.05) is 22.3 Å². The van der Waals surface area contributed by atoms with Gasteiger partial charge in [-0.05, 0) is 28.2 Å². The van der Waals surface area contributed by atoms with Crippen molar-refractivity contribution >= 4 is 34.4 Å². The summed E-state index contributed by atoms with van der Waals surface area (Å²) >= 11 is 3.93. The number of thioether (sulfide) groups is 1. The van der Waals surface area contributed by atoms with E-state index in [9.17, 15) is 0 Å². The highest BCUT2D eigenvalue weighted by Gasteiger charge is 2.07. The van der Waals surface area contributed by atoms with Crippen LogP contribution in [0.25, 0.3) is 0 Å². The lowest BCUT2D eigenvalue weighted by Crippen LogP contribution is -1.89. The number of ether oxygens (including phenoxy) is 1. The lowest BCUT2D eigenvalue weighted by molar-refractivity contribution is 0.286. The second kappa shape index (κ2) is 6.96. The third-order valence-electron chi connectivity index (χ3n) is 1.70. The Morgan fingerprint density at radius 3 is 3.07 bits per heavy atom. The first-order chi connectivity index (χ1) is 6.88. The number of allylic oxidation sites excluding steroid dienone is 4. The zero-order chi connectivity index (χ0) is 10.2. The van der Waals surface area contributed by atoms with E-state index in [0.29, 0.717) is 5.94 Å². The summed E-state index contributed by atoms with van der Waals surface area (Å²) in [5.74, 6) is 2.63. The summed E-state index contributed by atoms with van der Waals surface area (Å²) in [6, 6.07) is 2.00. The van der Waals surface area contributed by atoms with Crippen LogP contribution in [-0.2, 0) is 4.74 Å². The first-order valence-electron chi connectivity index (χ1n) is 4.15. The van der Waals surface area contributed by atoms with Crippen molar-refractivity contribution in [3.63, 3.8) is 0 Å². The van der Waals surface area contributed by atoms with Gasteiger partial charge in [0.25, 0.3) is 0 Å². The van der Waals surface area contributed by atoms with Crippen molar-refractivity contribution in [3.05, 3.63) is 33.6 Å². The van der Waals surface area contributed by atoms with Crippen molar-refractivity contribution in [3.8, 4) is 6.07 Å². The molecule has 0 unspecified atom stereocenters. The highest BCUT2D eigenvalue weighted by atomic mass is 127. The van der Waals surface area contributed by atoms with Crippen LogP contribution in [0.5, 0.6) is 0 Å². The van der Waals surface area contributed by atoms with Gasteiger partial charge < -0.3 is 4.74 Å². The van der Waals surface area contributed by atoms with Gasteiger partial charge in [-0.25, -0.2) is 0 Å². The number of halogens is 1. The van der Waals surface area contributed by atoms with Crippen LogP contribution >= 0.6 is 34.4 Å². The van der Waals surface area contributed by atoms with Crippen LogP contribution in [0.15, 0.2) is 33.6 Å². The summed E-state index contributed by atoms with van der Waals surface area (Å²) in [6.45, 7) is 0. The van der Waals surface area contributed by atoms with Crippen LogP contribution in [0.1, 0.15) is 6.42 Å². The molecule has 1 aliphatic rings. The lowest BCUT2D eigenvalue weighted by atomic mass is 10.1. The van der Waals surface area contributed by atoms with Gasteiger partial charge in [0.1, 0.15) is 11.7 Å². The molecule has 0 saturated carbocycles. The molecule has 0 saturated heterocycles. The van der Waals surface area contributed by atoms with Gasteiger partial charge >= 0.3 is 0 Å². The fourth-order valence-corrected chi connectivity index (χ4v) is 2.10. The topological polar surface area (TPSA) is 33.0 Å². The summed E-state index contributed by atoms with van der Waals surface area (Å²) in [5, 5.41) is 8.46. The average molecular weight is 319 g/mol. The Kier molecular flexibility index (Phi) is 5.80. The molecule has 0 radical (unpaired) electrons. The first-order valence-corrected chi connectivity index (χ1v) is 6.55. The Morgan fingerprint density at radius 1 is 1.50 bits per heavy atom. The van der Waals surface area contributed by atoms with Crippen LogP contribution in [0.3, 0.4) is 0 Å². The normalized spacial score (nSPS) is 18.3. The van der Waals surface area contributed by atoms with Crippen LogP contribution in [0.2, 0.25) is 0 Å². The molecular weight excluding hydrogens is 309 g/mol. The van der Waals surface area contributed by atoms with Crippen LogP contribution in [0, 0.1) is 11.3 Å². The highest BCUT2D eigenvalue weighted by Crippen LogP contribution is 2.22. The molecule has 14 heavy (non-hydrogen) atoms. The summed E-state index contributed by atoms with van der Waals surface area (Å²) in [4.78, 5) is 0. The molecule has 1 aliphatic heterocycles. The Morgan fingerprint density at radius 2 is 2.36 bits per heavy atom. The van der Waals surface area contributed by atoms with E-state index in [4.69, 9.17) is 10.00 Å². The summed E-state index contributed by atoms with van der Waals surface area (Å²) in [5.41, 5.74) is 1.10. The monoisotopic (exact) mass is 319 g/mol. The third kappa shape index (κ3) is 3.76. The predicted octanol–water partition coefficient (Wildman–Crippen LogP) is 3.38. The molecule has 0 N–H and O–H groups in total. The van der Waals surface area contributed by atoms with Crippen molar-refractivity contribution in [2.45, 2.75) is 6.42 Å². The van der Waals surface area contributed by atoms with Gasteiger partial charge in [-0.15, -0.1) is 11.8 Å². The number of hydrogen-bond acceptors (Lipinski definition) is 3. The molecule has 74 valence electrons. The quantitative estimate of drug-likeness (QED) is 0.578. The van der Waals surface area contributed by atoms with E-state index in [1.54, 1.807) is 11.8 Å². The summed E-state index contributed by atoms with van der Waals surface area (Å²) in [7, 11) is 0. The van der Waals surface area contributed by atoms with E-state index in [1.165, 1.54) is 6.08 Å². The molecule has 4 heteroatoms. The maximum atomic E-state index is 8.46. The maximum Gasteiger partial charge on any atom is 0.134 e.